The summed E-state index contributed by atoms with van der Waals surface area (Å²) in [6.45, 7) is -0.906. The van der Waals surface area contributed by atoms with Crippen molar-refractivity contribution in [2.45, 2.75) is 18.3 Å². The number of non-ortho nitro benzene ring substituents is 1. The Kier molecular flexibility index (Phi) is 8.80. The van der Waals surface area contributed by atoms with Gasteiger partial charge in [-0.25, -0.2) is 4.79 Å². The minimum Gasteiger partial charge on any atom is -0.482 e. The summed E-state index contributed by atoms with van der Waals surface area (Å²) in [4.78, 5) is 37.5. The van der Waals surface area contributed by atoms with Gasteiger partial charge in [0.25, 0.3) is 11.6 Å². The fraction of sp³-hybridized carbons (Fsp3) is 0.290. The number of rotatable bonds is 10. The molecule has 1 aromatic heterocycles. The van der Waals surface area contributed by atoms with Gasteiger partial charge in [-0.05, 0) is 35.9 Å². The van der Waals surface area contributed by atoms with Crippen LogP contribution in [0, 0.1) is 10.1 Å². The number of hydrogen-bond acceptors (Lipinski definition) is 7. The summed E-state index contributed by atoms with van der Waals surface area (Å²) in [5.74, 6) is -1.23. The molecule has 11 nitrogen and oxygen atoms in total. The van der Waals surface area contributed by atoms with Crippen LogP contribution in [-0.4, -0.2) is 86.9 Å². The number of ether oxygens (including phenoxy) is 1. The van der Waals surface area contributed by atoms with E-state index in [1.807, 2.05) is 0 Å². The molecule has 1 atom stereocenters. The van der Waals surface area contributed by atoms with Gasteiger partial charge in [0.15, 0.2) is 6.61 Å². The molecular formula is C31H29F3N4O7. The molecule has 5 rings (SSSR count). The lowest BCUT2D eigenvalue weighted by Crippen LogP contribution is -2.56. The fourth-order valence-electron chi connectivity index (χ4n) is 5.42. The van der Waals surface area contributed by atoms with Crippen LogP contribution in [-0.2, 0) is 16.9 Å². The minimum atomic E-state index is -5.10. The number of aromatic nitrogens is 1. The van der Waals surface area contributed by atoms with Gasteiger partial charge in [-0.1, -0.05) is 30.3 Å². The van der Waals surface area contributed by atoms with Crippen LogP contribution in [0.4, 0.5) is 18.9 Å². The second-order valence-electron chi connectivity index (χ2n) is 10.7. The lowest BCUT2D eigenvalue weighted by Gasteiger charge is -2.40. The summed E-state index contributed by atoms with van der Waals surface area (Å²) < 4.78 is 50.9. The molecule has 45 heavy (non-hydrogen) atoms. The molecule has 1 unspecified atom stereocenters. The van der Waals surface area contributed by atoms with Crippen LogP contribution >= 0.6 is 0 Å². The molecule has 0 bridgehead atoms. The number of benzene rings is 3. The Bertz CT molecular complexity index is 1700. The highest BCUT2D eigenvalue weighted by molar-refractivity contribution is 5.94. The van der Waals surface area contributed by atoms with Gasteiger partial charge >= 0.3 is 12.1 Å². The number of carbonyl (C=O) groups excluding carboxylic acids is 1. The first kappa shape index (κ1) is 31.5. The van der Waals surface area contributed by atoms with Crippen molar-refractivity contribution < 1.29 is 42.6 Å². The number of nitro benzene ring substituents is 1. The number of β-amino-alcohol motifs (C(OH)–C–C–N with tert-alkyl or cyclic N) is 1. The third-order valence-corrected chi connectivity index (χ3v) is 7.76. The van der Waals surface area contributed by atoms with Crippen LogP contribution in [0.25, 0.3) is 10.9 Å². The van der Waals surface area contributed by atoms with Crippen LogP contribution in [0.1, 0.15) is 21.5 Å². The van der Waals surface area contributed by atoms with Gasteiger partial charge in [0.05, 0.1) is 10.4 Å². The zero-order chi connectivity index (χ0) is 32.4. The Hall–Kier alpha value is -4.95. The predicted octanol–water partition coefficient (Wildman–Crippen LogP) is 4.27. The Morgan fingerprint density at radius 1 is 0.956 bits per heavy atom. The van der Waals surface area contributed by atoms with Crippen LogP contribution < -0.4 is 4.74 Å². The number of fused-ring (bicyclic) bond motifs is 1. The molecule has 0 saturated carbocycles. The first-order valence-electron chi connectivity index (χ1n) is 13.9. The molecule has 3 aromatic carbocycles. The molecule has 2 N–H and O–H groups in total. The highest BCUT2D eigenvalue weighted by Crippen LogP contribution is 2.44. The summed E-state index contributed by atoms with van der Waals surface area (Å²) >= 11 is 0. The van der Waals surface area contributed by atoms with Crippen molar-refractivity contribution >= 4 is 28.5 Å². The highest BCUT2D eigenvalue weighted by Gasteiger charge is 2.57. The van der Waals surface area contributed by atoms with E-state index >= 15 is 0 Å². The van der Waals surface area contributed by atoms with Crippen molar-refractivity contribution in [2.75, 3.05) is 39.3 Å². The molecule has 236 valence electrons. The average molecular weight is 627 g/mol. The maximum atomic E-state index is 14.8. The molecule has 14 heteroatoms. The number of alkyl halides is 3. The third kappa shape index (κ3) is 6.76. The Morgan fingerprint density at radius 3 is 2.22 bits per heavy atom. The van der Waals surface area contributed by atoms with Crippen molar-refractivity contribution in [2.24, 2.45) is 0 Å². The monoisotopic (exact) mass is 626 g/mol. The zero-order valence-electron chi connectivity index (χ0n) is 23.8. The maximum absolute atomic E-state index is 14.8. The van der Waals surface area contributed by atoms with E-state index < -0.39 is 41.4 Å². The summed E-state index contributed by atoms with van der Waals surface area (Å²) in [5, 5.41) is 31.7. The van der Waals surface area contributed by atoms with Crippen LogP contribution in [0.2, 0.25) is 0 Å². The first-order chi connectivity index (χ1) is 21.4. The molecule has 1 fully saturated rings. The smallest absolute Gasteiger partial charge is 0.422 e. The van der Waals surface area contributed by atoms with E-state index in [1.165, 1.54) is 57.0 Å². The molecule has 1 amide bonds. The molecular weight excluding hydrogens is 597 g/mol. The molecule has 0 spiro atoms. The van der Waals surface area contributed by atoms with E-state index in [0.29, 0.717) is 5.56 Å². The normalized spacial score (nSPS) is 15.5. The van der Waals surface area contributed by atoms with Gasteiger partial charge < -0.3 is 24.4 Å². The van der Waals surface area contributed by atoms with E-state index in [4.69, 9.17) is 9.84 Å². The Morgan fingerprint density at radius 2 is 1.62 bits per heavy atom. The van der Waals surface area contributed by atoms with Crippen molar-refractivity contribution in [1.29, 1.82) is 0 Å². The number of nitrogens with zero attached hydrogens (tertiary/aromatic N) is 4. The molecule has 1 aliphatic heterocycles. The summed E-state index contributed by atoms with van der Waals surface area (Å²) in [5.41, 5.74) is -2.79. The van der Waals surface area contributed by atoms with Crippen LogP contribution in [0.15, 0.2) is 79.0 Å². The zero-order valence-corrected chi connectivity index (χ0v) is 23.8. The molecule has 2 heterocycles. The van der Waals surface area contributed by atoms with Gasteiger partial charge in [0, 0.05) is 74.1 Å². The van der Waals surface area contributed by atoms with Gasteiger partial charge in [-0.15, -0.1) is 0 Å². The lowest BCUT2D eigenvalue weighted by atomic mass is 9.91. The number of nitro groups is 1. The number of carboxylic acids is 1. The Balaban J connectivity index is 1.37. The van der Waals surface area contributed by atoms with Crippen molar-refractivity contribution in [3.05, 3.63) is 106 Å². The summed E-state index contributed by atoms with van der Waals surface area (Å²) in [6.07, 6.45) is -3.89. The van der Waals surface area contributed by atoms with Crippen LogP contribution in [0.5, 0.6) is 5.75 Å². The summed E-state index contributed by atoms with van der Waals surface area (Å²) in [6, 6.07) is 18.3. The highest BCUT2D eigenvalue weighted by atomic mass is 19.4. The SMILES string of the molecule is O=C(O)COc1ccc(C(=O)N2CCN(CC(O)(c3cn(Cc4ccccc4)c4cc([N+](=O)[O-])ccc34)C(F)(F)F)CC2)cc1. The van der Waals surface area contributed by atoms with Gasteiger partial charge in [0.1, 0.15) is 5.75 Å². The average Bonchev–Trinajstić information content (AvgIpc) is 3.38. The number of aliphatic carboxylic acids is 1. The second-order valence-corrected chi connectivity index (χ2v) is 10.7. The van der Waals surface area contributed by atoms with Gasteiger partial charge in [-0.2, -0.15) is 13.2 Å². The van der Waals surface area contributed by atoms with E-state index in [9.17, 15) is 38.0 Å². The quantitative estimate of drug-likeness (QED) is 0.197. The van der Waals surface area contributed by atoms with E-state index in [1.54, 1.807) is 30.3 Å². The molecule has 0 aliphatic carbocycles. The minimum absolute atomic E-state index is 0.0425. The van der Waals surface area contributed by atoms with Gasteiger partial charge in [0.2, 0.25) is 5.60 Å². The number of aliphatic hydroxyl groups is 1. The van der Waals surface area contributed by atoms with Crippen molar-refractivity contribution in [1.82, 2.24) is 14.4 Å². The topological polar surface area (TPSA) is 138 Å². The maximum Gasteiger partial charge on any atom is 0.422 e. The number of carbonyl (C=O) groups is 2. The predicted molar refractivity (Wildman–Crippen MR) is 156 cm³/mol. The third-order valence-electron chi connectivity index (χ3n) is 7.76. The Labute approximate surface area is 254 Å². The number of piperazine rings is 1. The summed E-state index contributed by atoms with van der Waals surface area (Å²) in [7, 11) is 0. The first-order valence-corrected chi connectivity index (χ1v) is 13.9. The second kappa shape index (κ2) is 12.6. The van der Waals surface area contributed by atoms with Crippen LogP contribution in [0.3, 0.4) is 0 Å². The standard InChI is InChI=1S/C31H29F3N4O7/c32-31(33,34)30(42,20-35-12-14-36(15-13-35)29(41)22-6-9-24(10-7-22)45-19-28(39)40)26-18-37(17-21-4-2-1-3-5-21)27-16-23(38(43)44)8-11-25(26)27/h1-11,16,18,42H,12-15,17,19-20H2,(H,39,40). The number of hydrogen-bond donors (Lipinski definition) is 2. The number of carboxylic acid groups (broad SMARTS) is 1. The molecule has 1 aliphatic rings. The van der Waals surface area contributed by atoms with Crippen molar-refractivity contribution in [3.8, 4) is 5.75 Å². The molecule has 0 radical (unpaired) electrons. The van der Waals surface area contributed by atoms with Gasteiger partial charge in [-0.3, -0.25) is 19.8 Å². The van der Waals surface area contributed by atoms with E-state index in [-0.39, 0.29) is 61.0 Å². The fourth-order valence-corrected chi connectivity index (χ4v) is 5.42. The number of amides is 1. The van der Waals surface area contributed by atoms with E-state index in [2.05, 4.69) is 0 Å². The largest absolute Gasteiger partial charge is 0.482 e. The number of halogens is 3. The molecule has 1 saturated heterocycles. The lowest BCUT2D eigenvalue weighted by molar-refractivity contribution is -0.384. The van der Waals surface area contributed by atoms with Crippen molar-refractivity contribution in [3.63, 3.8) is 0 Å². The van der Waals surface area contributed by atoms with E-state index in [0.717, 1.165) is 11.6 Å². The molecule has 4 aromatic rings.